The summed E-state index contributed by atoms with van der Waals surface area (Å²) in [6.45, 7) is 5.59. The maximum absolute atomic E-state index is 12.3. The zero-order valence-electron chi connectivity index (χ0n) is 9.29. The molecule has 3 N–H and O–H groups in total. The number of anilines is 2. The average molecular weight is 212 g/mol. The van der Waals surface area contributed by atoms with Gasteiger partial charge in [-0.1, -0.05) is 13.8 Å². The van der Waals surface area contributed by atoms with Crippen LogP contribution in [0.15, 0.2) is 6.20 Å². The van der Waals surface area contributed by atoms with Crippen LogP contribution in [-0.2, 0) is 6.67 Å². The summed E-state index contributed by atoms with van der Waals surface area (Å²) >= 11 is 0. The Morgan fingerprint density at radius 2 is 2.13 bits per heavy atom. The van der Waals surface area contributed by atoms with Gasteiger partial charge in [-0.25, -0.2) is 9.37 Å². The lowest BCUT2D eigenvalue weighted by molar-refractivity contribution is 0.484. The van der Waals surface area contributed by atoms with Crippen LogP contribution < -0.4 is 11.1 Å². The van der Waals surface area contributed by atoms with Gasteiger partial charge in [-0.05, 0) is 12.8 Å². The Kier molecular flexibility index (Phi) is 3.82. The molecule has 5 heteroatoms. The number of nitrogens with two attached hydrogens (primary N) is 1. The Balaban J connectivity index is 2.75. The lowest BCUT2D eigenvalue weighted by atomic mass is 10.1. The Morgan fingerprint density at radius 1 is 1.47 bits per heavy atom. The Hall–Kier alpha value is -1.39. The minimum Gasteiger partial charge on any atom is -0.383 e. The molecule has 0 bridgehead atoms. The van der Waals surface area contributed by atoms with Gasteiger partial charge in [-0.3, -0.25) is 0 Å². The highest BCUT2D eigenvalue weighted by Crippen LogP contribution is 2.13. The van der Waals surface area contributed by atoms with Gasteiger partial charge in [-0.15, -0.1) is 0 Å². The number of nitrogen functional groups attached to an aromatic ring is 1. The van der Waals surface area contributed by atoms with E-state index in [9.17, 15) is 4.39 Å². The fourth-order valence-electron chi connectivity index (χ4n) is 0.963. The van der Waals surface area contributed by atoms with Gasteiger partial charge in [0.05, 0.1) is 0 Å². The maximum Gasteiger partial charge on any atom is 0.224 e. The van der Waals surface area contributed by atoms with Gasteiger partial charge in [0.15, 0.2) is 0 Å². The lowest BCUT2D eigenvalue weighted by Gasteiger charge is -2.17. The fraction of sp³-hybridized carbons (Fsp3) is 0.600. The molecule has 0 aliphatic heterocycles. The van der Waals surface area contributed by atoms with Crippen molar-refractivity contribution in [2.45, 2.75) is 33.5 Å². The van der Waals surface area contributed by atoms with E-state index in [1.54, 1.807) is 0 Å². The third-order valence-electron chi connectivity index (χ3n) is 2.40. The molecule has 1 rings (SSSR count). The van der Waals surface area contributed by atoms with Gasteiger partial charge < -0.3 is 11.1 Å². The van der Waals surface area contributed by atoms with Crippen LogP contribution in [0.2, 0.25) is 0 Å². The van der Waals surface area contributed by atoms with Crippen LogP contribution >= 0.6 is 0 Å². The minimum atomic E-state index is -0.633. The van der Waals surface area contributed by atoms with E-state index >= 15 is 0 Å². The van der Waals surface area contributed by atoms with E-state index in [1.807, 2.05) is 6.92 Å². The molecule has 0 saturated carbocycles. The number of rotatable bonds is 4. The highest BCUT2D eigenvalue weighted by atomic mass is 19.1. The molecule has 1 aromatic rings. The van der Waals surface area contributed by atoms with Gasteiger partial charge in [0.25, 0.3) is 0 Å². The van der Waals surface area contributed by atoms with Gasteiger partial charge >= 0.3 is 0 Å². The largest absolute Gasteiger partial charge is 0.383 e. The second-order valence-corrected chi connectivity index (χ2v) is 3.91. The lowest BCUT2D eigenvalue weighted by Crippen LogP contribution is -2.23. The molecule has 0 aliphatic carbocycles. The monoisotopic (exact) mass is 212 g/mol. The van der Waals surface area contributed by atoms with E-state index in [0.29, 0.717) is 17.4 Å². The standard InChI is InChI=1S/C10H17FN4/c1-6(2)7(3)14-10-13-5-8(4-11)9(12)15-10/h5-7H,4H2,1-3H3,(H3,12,13,14,15)/t7-/m0/s1. The van der Waals surface area contributed by atoms with Crippen LogP contribution in [0, 0.1) is 5.92 Å². The van der Waals surface area contributed by atoms with Gasteiger partial charge in [-0.2, -0.15) is 4.98 Å². The van der Waals surface area contributed by atoms with E-state index in [2.05, 4.69) is 29.1 Å². The van der Waals surface area contributed by atoms with E-state index in [1.165, 1.54) is 6.20 Å². The summed E-state index contributed by atoms with van der Waals surface area (Å²) in [4.78, 5) is 7.97. The van der Waals surface area contributed by atoms with Crippen LogP contribution in [-0.4, -0.2) is 16.0 Å². The molecule has 4 nitrogen and oxygen atoms in total. The smallest absolute Gasteiger partial charge is 0.224 e. The third kappa shape index (κ3) is 3.04. The molecule has 0 aliphatic rings. The Morgan fingerprint density at radius 3 is 2.60 bits per heavy atom. The molecule has 0 aromatic carbocycles. The maximum atomic E-state index is 12.3. The summed E-state index contributed by atoms with van der Waals surface area (Å²) in [5.41, 5.74) is 5.88. The first-order valence-electron chi connectivity index (χ1n) is 4.98. The number of hydrogen-bond acceptors (Lipinski definition) is 4. The molecule has 0 saturated heterocycles. The molecule has 1 atom stereocenters. The SMILES string of the molecule is CC(C)[C@H](C)Nc1ncc(CF)c(N)n1. The molecule has 84 valence electrons. The molecule has 1 aromatic heterocycles. The zero-order valence-corrected chi connectivity index (χ0v) is 9.29. The molecule has 0 amide bonds. The third-order valence-corrected chi connectivity index (χ3v) is 2.40. The first-order valence-corrected chi connectivity index (χ1v) is 4.98. The second kappa shape index (κ2) is 4.91. The van der Waals surface area contributed by atoms with Crippen LogP contribution in [0.25, 0.3) is 0 Å². The normalized spacial score (nSPS) is 12.9. The highest BCUT2D eigenvalue weighted by Gasteiger charge is 2.09. The summed E-state index contributed by atoms with van der Waals surface area (Å²) in [7, 11) is 0. The summed E-state index contributed by atoms with van der Waals surface area (Å²) in [5.74, 6) is 1.12. The van der Waals surface area contributed by atoms with Gasteiger partial charge in [0.2, 0.25) is 5.95 Å². The van der Waals surface area contributed by atoms with Crippen molar-refractivity contribution in [2.75, 3.05) is 11.1 Å². The predicted molar refractivity (Wildman–Crippen MR) is 59.2 cm³/mol. The molecular weight excluding hydrogens is 195 g/mol. The number of alkyl halides is 1. The predicted octanol–water partition coefficient (Wildman–Crippen LogP) is 1.98. The molecular formula is C10H17FN4. The van der Waals surface area contributed by atoms with Crippen molar-refractivity contribution in [3.8, 4) is 0 Å². The van der Waals surface area contributed by atoms with Crippen LogP contribution in [0.5, 0.6) is 0 Å². The number of nitrogens with one attached hydrogen (secondary N) is 1. The zero-order chi connectivity index (χ0) is 11.4. The van der Waals surface area contributed by atoms with Crippen molar-refractivity contribution < 1.29 is 4.39 Å². The van der Waals surface area contributed by atoms with Crippen molar-refractivity contribution in [3.63, 3.8) is 0 Å². The topological polar surface area (TPSA) is 63.8 Å². The number of halogens is 1. The first-order chi connectivity index (χ1) is 7.04. The first kappa shape index (κ1) is 11.7. The van der Waals surface area contributed by atoms with Gasteiger partial charge in [0.1, 0.15) is 12.5 Å². The number of hydrogen-bond donors (Lipinski definition) is 2. The van der Waals surface area contributed by atoms with E-state index in [0.717, 1.165) is 0 Å². The van der Waals surface area contributed by atoms with Crippen LogP contribution in [0.3, 0.4) is 0 Å². The van der Waals surface area contributed by atoms with Gasteiger partial charge in [0, 0.05) is 17.8 Å². The minimum absolute atomic E-state index is 0.200. The number of aromatic nitrogens is 2. The summed E-state index contributed by atoms with van der Waals surface area (Å²) < 4.78 is 12.3. The van der Waals surface area contributed by atoms with Crippen molar-refractivity contribution in [1.82, 2.24) is 9.97 Å². The number of nitrogens with zero attached hydrogens (tertiary/aromatic N) is 2. The van der Waals surface area contributed by atoms with E-state index < -0.39 is 6.67 Å². The molecule has 0 spiro atoms. The summed E-state index contributed by atoms with van der Waals surface area (Å²) in [6, 6.07) is 0.251. The quantitative estimate of drug-likeness (QED) is 0.801. The molecule has 0 unspecified atom stereocenters. The molecule has 0 radical (unpaired) electrons. The van der Waals surface area contributed by atoms with Crippen molar-refractivity contribution in [2.24, 2.45) is 5.92 Å². The second-order valence-electron chi connectivity index (χ2n) is 3.91. The van der Waals surface area contributed by atoms with Crippen LogP contribution in [0.1, 0.15) is 26.3 Å². The summed E-state index contributed by atoms with van der Waals surface area (Å²) in [5, 5.41) is 3.11. The van der Waals surface area contributed by atoms with Crippen molar-refractivity contribution >= 4 is 11.8 Å². The molecule has 15 heavy (non-hydrogen) atoms. The van der Waals surface area contributed by atoms with E-state index in [4.69, 9.17) is 5.73 Å². The van der Waals surface area contributed by atoms with E-state index in [-0.39, 0.29) is 11.9 Å². The Bertz CT molecular complexity index is 327. The van der Waals surface area contributed by atoms with Crippen molar-refractivity contribution in [1.29, 1.82) is 0 Å². The average Bonchev–Trinajstić information content (AvgIpc) is 2.18. The van der Waals surface area contributed by atoms with Crippen LogP contribution in [0.4, 0.5) is 16.2 Å². The molecule has 0 fully saturated rings. The fourth-order valence-corrected chi connectivity index (χ4v) is 0.963. The summed E-state index contributed by atoms with van der Waals surface area (Å²) in [6.07, 6.45) is 1.41. The molecule has 1 heterocycles. The Labute approximate surface area is 89.1 Å². The van der Waals surface area contributed by atoms with Crippen molar-refractivity contribution in [3.05, 3.63) is 11.8 Å². The highest BCUT2D eigenvalue weighted by molar-refractivity contribution is 5.42.